The summed E-state index contributed by atoms with van der Waals surface area (Å²) in [5, 5.41) is 17.7. The van der Waals surface area contributed by atoms with Crippen LogP contribution in [0.4, 0.5) is 5.69 Å². The van der Waals surface area contributed by atoms with Gasteiger partial charge in [-0.05, 0) is 18.2 Å². The highest BCUT2D eigenvalue weighted by molar-refractivity contribution is 6.00. The monoisotopic (exact) mass is 249 g/mol. The van der Waals surface area contributed by atoms with Crippen LogP contribution in [0.5, 0.6) is 0 Å². The molecule has 0 bridgehead atoms. The number of carboxylic acids is 2. The fraction of sp³-hybridized carbons (Fsp3) is 0.250. The maximum Gasteiger partial charge on any atom is 0.335 e. The van der Waals surface area contributed by atoms with E-state index in [1.54, 1.807) is 6.07 Å². The predicted molar refractivity (Wildman–Crippen MR) is 61.5 cm³/mol. The zero-order chi connectivity index (χ0) is 13.3. The number of hydrogen-bond acceptors (Lipinski definition) is 3. The summed E-state index contributed by atoms with van der Waals surface area (Å²) < 4.78 is 0. The molecule has 1 aliphatic heterocycles. The van der Waals surface area contributed by atoms with Gasteiger partial charge in [-0.1, -0.05) is 6.07 Å². The molecule has 6 nitrogen and oxygen atoms in total. The normalized spacial score (nSPS) is 19.0. The van der Waals surface area contributed by atoms with Crippen LogP contribution in [0.2, 0.25) is 0 Å². The van der Waals surface area contributed by atoms with Crippen molar-refractivity contribution >= 4 is 23.5 Å². The third-order valence-electron chi connectivity index (χ3n) is 2.88. The second-order valence-electron chi connectivity index (χ2n) is 4.10. The molecule has 1 unspecified atom stereocenters. The lowest BCUT2D eigenvalue weighted by Gasteiger charge is -2.16. The fourth-order valence-corrected chi connectivity index (χ4v) is 1.93. The fourth-order valence-electron chi connectivity index (χ4n) is 1.93. The summed E-state index contributed by atoms with van der Waals surface area (Å²) in [7, 11) is 0. The van der Waals surface area contributed by atoms with E-state index in [1.807, 2.05) is 0 Å². The van der Waals surface area contributed by atoms with Gasteiger partial charge in [0.2, 0.25) is 5.91 Å². The summed E-state index contributed by atoms with van der Waals surface area (Å²) >= 11 is 0. The quantitative estimate of drug-likeness (QED) is 0.827. The first kappa shape index (κ1) is 12.1. The SMILES string of the molecule is O=C(O)c1cccc(N2CC(C(=O)O)CC2=O)c1. The molecule has 1 fully saturated rings. The molecule has 0 saturated carbocycles. The van der Waals surface area contributed by atoms with E-state index in [1.165, 1.54) is 23.1 Å². The molecule has 18 heavy (non-hydrogen) atoms. The van der Waals surface area contributed by atoms with Crippen LogP contribution < -0.4 is 4.90 Å². The Labute approximate surface area is 102 Å². The molecule has 0 spiro atoms. The number of hydrogen-bond donors (Lipinski definition) is 2. The third kappa shape index (κ3) is 2.17. The van der Waals surface area contributed by atoms with Crippen LogP contribution in [-0.2, 0) is 9.59 Å². The van der Waals surface area contributed by atoms with Crippen molar-refractivity contribution in [3.05, 3.63) is 29.8 Å². The first-order valence-corrected chi connectivity index (χ1v) is 5.35. The van der Waals surface area contributed by atoms with Crippen molar-refractivity contribution in [2.24, 2.45) is 5.92 Å². The van der Waals surface area contributed by atoms with Crippen molar-refractivity contribution < 1.29 is 24.6 Å². The first-order valence-electron chi connectivity index (χ1n) is 5.35. The Balaban J connectivity index is 2.27. The number of anilines is 1. The van der Waals surface area contributed by atoms with E-state index in [2.05, 4.69) is 0 Å². The average molecular weight is 249 g/mol. The standard InChI is InChI=1S/C12H11NO5/c14-10-5-8(12(17)18)6-13(10)9-3-1-2-7(4-9)11(15)16/h1-4,8H,5-6H2,(H,15,16)(H,17,18). The van der Waals surface area contributed by atoms with Crippen LogP contribution >= 0.6 is 0 Å². The number of carboxylic acid groups (broad SMARTS) is 2. The molecule has 1 aromatic rings. The molecule has 1 saturated heterocycles. The highest BCUT2D eigenvalue weighted by Crippen LogP contribution is 2.25. The number of rotatable bonds is 3. The van der Waals surface area contributed by atoms with Gasteiger partial charge in [0.05, 0.1) is 11.5 Å². The highest BCUT2D eigenvalue weighted by Gasteiger charge is 2.35. The molecule has 1 amide bonds. The molecule has 0 aliphatic carbocycles. The van der Waals surface area contributed by atoms with Crippen LogP contribution in [0.15, 0.2) is 24.3 Å². The Morgan fingerprint density at radius 2 is 2.00 bits per heavy atom. The summed E-state index contributed by atoms with van der Waals surface area (Å²) in [4.78, 5) is 34.6. The van der Waals surface area contributed by atoms with Gasteiger partial charge in [0.25, 0.3) is 0 Å². The lowest BCUT2D eigenvalue weighted by Crippen LogP contribution is -2.25. The van der Waals surface area contributed by atoms with Crippen molar-refractivity contribution in [1.82, 2.24) is 0 Å². The summed E-state index contributed by atoms with van der Waals surface area (Å²) in [6.07, 6.45) is -0.0490. The first-order chi connectivity index (χ1) is 8.49. The van der Waals surface area contributed by atoms with Crippen molar-refractivity contribution in [1.29, 1.82) is 0 Å². The lowest BCUT2D eigenvalue weighted by atomic mass is 10.1. The Kier molecular flexibility index (Phi) is 3.01. The number of nitrogens with zero attached hydrogens (tertiary/aromatic N) is 1. The number of aliphatic carboxylic acids is 1. The molecule has 2 rings (SSSR count). The van der Waals surface area contributed by atoms with Gasteiger partial charge in [0.1, 0.15) is 0 Å². The van der Waals surface area contributed by atoms with Gasteiger partial charge in [0.15, 0.2) is 0 Å². The zero-order valence-corrected chi connectivity index (χ0v) is 9.37. The van der Waals surface area contributed by atoms with E-state index < -0.39 is 17.9 Å². The molecule has 0 aromatic heterocycles. The van der Waals surface area contributed by atoms with Crippen LogP contribution in [0.25, 0.3) is 0 Å². The van der Waals surface area contributed by atoms with Crippen molar-refractivity contribution in [3.63, 3.8) is 0 Å². The summed E-state index contributed by atoms with van der Waals surface area (Å²) in [6, 6.07) is 5.90. The van der Waals surface area contributed by atoms with Crippen molar-refractivity contribution in [2.45, 2.75) is 6.42 Å². The molecule has 1 atom stereocenters. The van der Waals surface area contributed by atoms with Crippen LogP contribution in [0, 0.1) is 5.92 Å². The summed E-state index contributed by atoms with van der Waals surface area (Å²) in [6.45, 7) is 0.0806. The number of benzene rings is 1. The van der Waals surface area contributed by atoms with E-state index in [0.717, 1.165) is 0 Å². The second kappa shape index (κ2) is 4.48. The van der Waals surface area contributed by atoms with E-state index in [9.17, 15) is 14.4 Å². The maximum atomic E-state index is 11.7. The molecule has 1 heterocycles. The molecule has 1 aliphatic rings. The smallest absolute Gasteiger partial charge is 0.335 e. The number of aromatic carboxylic acids is 1. The van der Waals surface area contributed by atoms with Crippen LogP contribution in [-0.4, -0.2) is 34.6 Å². The molecule has 6 heteroatoms. The van der Waals surface area contributed by atoms with Gasteiger partial charge in [-0.15, -0.1) is 0 Å². The topological polar surface area (TPSA) is 94.9 Å². The van der Waals surface area contributed by atoms with E-state index in [0.29, 0.717) is 5.69 Å². The second-order valence-corrected chi connectivity index (χ2v) is 4.10. The third-order valence-corrected chi connectivity index (χ3v) is 2.88. The Morgan fingerprint density at radius 3 is 2.56 bits per heavy atom. The predicted octanol–water partition coefficient (Wildman–Crippen LogP) is 0.822. The lowest BCUT2D eigenvalue weighted by molar-refractivity contribution is -0.141. The Hall–Kier alpha value is -2.37. The molecule has 0 radical (unpaired) electrons. The highest BCUT2D eigenvalue weighted by atomic mass is 16.4. The van der Waals surface area contributed by atoms with Gasteiger partial charge >= 0.3 is 11.9 Å². The van der Waals surface area contributed by atoms with Gasteiger partial charge in [-0.25, -0.2) is 4.79 Å². The maximum absolute atomic E-state index is 11.7. The minimum Gasteiger partial charge on any atom is -0.481 e. The van der Waals surface area contributed by atoms with Gasteiger partial charge in [-0.3, -0.25) is 9.59 Å². The summed E-state index contributed by atoms with van der Waals surface area (Å²) in [5.74, 6) is -3.13. The van der Waals surface area contributed by atoms with E-state index in [-0.39, 0.29) is 24.4 Å². The minimum absolute atomic E-state index is 0.0490. The van der Waals surface area contributed by atoms with E-state index >= 15 is 0 Å². The Bertz CT molecular complexity index is 525. The minimum atomic E-state index is -1.08. The number of carbonyl (C=O) groups is 3. The summed E-state index contributed by atoms with van der Waals surface area (Å²) in [5.41, 5.74) is 0.489. The largest absolute Gasteiger partial charge is 0.481 e. The molecule has 94 valence electrons. The molecular formula is C12H11NO5. The van der Waals surface area contributed by atoms with E-state index in [4.69, 9.17) is 10.2 Å². The molecular weight excluding hydrogens is 238 g/mol. The van der Waals surface area contributed by atoms with Gasteiger partial charge in [0, 0.05) is 18.7 Å². The molecule has 2 N–H and O–H groups in total. The average Bonchev–Trinajstić information content (AvgIpc) is 2.72. The molecule has 1 aromatic carbocycles. The Morgan fingerprint density at radius 1 is 1.28 bits per heavy atom. The van der Waals surface area contributed by atoms with Crippen molar-refractivity contribution in [3.8, 4) is 0 Å². The number of amides is 1. The van der Waals surface area contributed by atoms with Gasteiger partial charge in [-0.2, -0.15) is 0 Å². The van der Waals surface area contributed by atoms with Crippen molar-refractivity contribution in [2.75, 3.05) is 11.4 Å². The van der Waals surface area contributed by atoms with Gasteiger partial charge < -0.3 is 15.1 Å². The zero-order valence-electron chi connectivity index (χ0n) is 9.37. The van der Waals surface area contributed by atoms with Crippen LogP contribution in [0.3, 0.4) is 0 Å². The number of carbonyl (C=O) groups excluding carboxylic acids is 1. The van der Waals surface area contributed by atoms with Crippen LogP contribution in [0.1, 0.15) is 16.8 Å².